The van der Waals surface area contributed by atoms with Crippen molar-refractivity contribution >= 4 is 27.8 Å². The lowest BCUT2D eigenvalue weighted by Crippen LogP contribution is -2.37. The van der Waals surface area contributed by atoms with Gasteiger partial charge in [0.2, 0.25) is 0 Å². The molecule has 1 aromatic rings. The van der Waals surface area contributed by atoms with E-state index in [1.165, 1.54) is 12.1 Å². The summed E-state index contributed by atoms with van der Waals surface area (Å²) in [6, 6.07) is 3.99. The molecule has 1 saturated carbocycles. The fourth-order valence-electron chi connectivity index (χ4n) is 1.83. The van der Waals surface area contributed by atoms with E-state index in [0.717, 1.165) is 12.8 Å². The minimum atomic E-state index is -0.684. The van der Waals surface area contributed by atoms with Gasteiger partial charge in [-0.25, -0.2) is 9.38 Å². The van der Waals surface area contributed by atoms with Gasteiger partial charge in [-0.2, -0.15) is 0 Å². The van der Waals surface area contributed by atoms with Crippen LogP contribution in [0.1, 0.15) is 24.4 Å². The number of halogens is 2. The monoisotopic (exact) mass is 311 g/mol. The molecule has 18 heavy (non-hydrogen) atoms. The number of carbonyl (C=O) groups is 1. The number of amides is 1. The summed E-state index contributed by atoms with van der Waals surface area (Å²) in [5.74, 6) is -0.118. The second kappa shape index (κ2) is 4.35. The first-order valence-corrected chi connectivity index (χ1v) is 6.53. The molecule has 1 aliphatic carbocycles. The van der Waals surface area contributed by atoms with Gasteiger partial charge in [-0.15, -0.1) is 0 Å². The summed E-state index contributed by atoms with van der Waals surface area (Å²) in [6.45, 7) is 0. The number of aliphatic imine (C=N–C) groups is 1. The first kappa shape index (κ1) is 11.6. The minimum Gasteiger partial charge on any atom is -0.353 e. The number of hydrogen-bond acceptors (Lipinski definition) is 3. The van der Waals surface area contributed by atoms with Crippen molar-refractivity contribution in [1.29, 1.82) is 0 Å². The maximum Gasteiger partial charge on any atom is 0.256 e. The predicted octanol–water partition coefficient (Wildman–Crippen LogP) is 1.87. The standard InChI is InChI=1S/C12H11BrFN3O/c13-9-4-1-6(14)5-8(9)10-11(18)17-12(16-10)15-7-2-3-7/h1,4-5,7,10H,2-3H2,(H2,15,16,17,18). The largest absolute Gasteiger partial charge is 0.353 e. The molecule has 2 N–H and O–H groups in total. The Labute approximate surface area is 112 Å². The number of hydrogen-bond donors (Lipinski definition) is 2. The van der Waals surface area contributed by atoms with Crippen LogP contribution in [0.25, 0.3) is 0 Å². The van der Waals surface area contributed by atoms with Crippen molar-refractivity contribution in [3.8, 4) is 0 Å². The van der Waals surface area contributed by atoms with E-state index < -0.39 is 6.04 Å². The molecule has 6 heteroatoms. The lowest BCUT2D eigenvalue weighted by atomic mass is 10.1. The number of nitrogens with zero attached hydrogens (tertiary/aromatic N) is 1. The van der Waals surface area contributed by atoms with E-state index in [1.54, 1.807) is 6.07 Å². The number of rotatable bonds is 2. The fourth-order valence-corrected chi connectivity index (χ4v) is 2.30. The molecule has 1 aliphatic heterocycles. The van der Waals surface area contributed by atoms with Crippen LogP contribution in [0.3, 0.4) is 0 Å². The Morgan fingerprint density at radius 1 is 1.44 bits per heavy atom. The van der Waals surface area contributed by atoms with E-state index in [2.05, 4.69) is 31.6 Å². The Balaban J connectivity index is 1.88. The highest BCUT2D eigenvalue weighted by atomic mass is 79.9. The average molecular weight is 312 g/mol. The normalized spacial score (nSPS) is 22.7. The molecule has 1 heterocycles. The molecule has 0 bridgehead atoms. The molecular formula is C12H11BrFN3O. The molecule has 4 nitrogen and oxygen atoms in total. The van der Waals surface area contributed by atoms with Crippen molar-refractivity contribution in [1.82, 2.24) is 10.6 Å². The quantitative estimate of drug-likeness (QED) is 0.876. The maximum atomic E-state index is 13.2. The fraction of sp³-hybridized carbons (Fsp3) is 0.333. The summed E-state index contributed by atoms with van der Waals surface area (Å²) in [7, 11) is 0. The van der Waals surface area contributed by atoms with E-state index in [1.807, 2.05) is 0 Å². The molecule has 0 spiro atoms. The van der Waals surface area contributed by atoms with Gasteiger partial charge in [0.25, 0.3) is 5.91 Å². The summed E-state index contributed by atoms with van der Waals surface area (Å²) in [5.41, 5.74) is 0.542. The number of carbonyl (C=O) groups excluding carboxylic acids is 1. The molecule has 94 valence electrons. The second-order valence-electron chi connectivity index (χ2n) is 4.45. The van der Waals surface area contributed by atoms with Gasteiger partial charge in [0.1, 0.15) is 5.82 Å². The molecule has 1 aromatic carbocycles. The van der Waals surface area contributed by atoms with Crippen molar-refractivity contribution < 1.29 is 9.18 Å². The smallest absolute Gasteiger partial charge is 0.256 e. The van der Waals surface area contributed by atoms with Crippen LogP contribution in [0.5, 0.6) is 0 Å². The zero-order valence-electron chi connectivity index (χ0n) is 9.41. The van der Waals surface area contributed by atoms with E-state index in [0.29, 0.717) is 22.0 Å². The SMILES string of the molecule is O=C1NC(NC2CC2)=NC1c1cc(F)ccc1Br. The number of benzene rings is 1. The van der Waals surface area contributed by atoms with Crippen LogP contribution in [0.2, 0.25) is 0 Å². The molecule has 0 radical (unpaired) electrons. The third-order valence-corrected chi connectivity index (χ3v) is 3.64. The number of guanidine groups is 1. The van der Waals surface area contributed by atoms with Gasteiger partial charge >= 0.3 is 0 Å². The van der Waals surface area contributed by atoms with Crippen molar-refractivity contribution in [3.63, 3.8) is 0 Å². The minimum absolute atomic E-state index is 0.232. The van der Waals surface area contributed by atoms with Crippen LogP contribution in [-0.4, -0.2) is 17.9 Å². The lowest BCUT2D eigenvalue weighted by Gasteiger charge is -2.07. The van der Waals surface area contributed by atoms with Gasteiger partial charge in [-0.3, -0.25) is 10.1 Å². The Bertz CT molecular complexity index is 542. The molecule has 1 atom stereocenters. The highest BCUT2D eigenvalue weighted by molar-refractivity contribution is 9.10. The van der Waals surface area contributed by atoms with E-state index in [4.69, 9.17) is 0 Å². The van der Waals surface area contributed by atoms with Crippen LogP contribution >= 0.6 is 15.9 Å². The van der Waals surface area contributed by atoms with Crippen LogP contribution in [0.4, 0.5) is 4.39 Å². The zero-order chi connectivity index (χ0) is 12.7. The lowest BCUT2D eigenvalue weighted by molar-refractivity contribution is -0.120. The first-order chi connectivity index (χ1) is 8.63. The highest BCUT2D eigenvalue weighted by Gasteiger charge is 2.32. The Morgan fingerprint density at radius 2 is 2.22 bits per heavy atom. The van der Waals surface area contributed by atoms with Gasteiger partial charge in [0, 0.05) is 16.1 Å². The van der Waals surface area contributed by atoms with Crippen molar-refractivity contribution in [3.05, 3.63) is 34.1 Å². The van der Waals surface area contributed by atoms with Crippen LogP contribution in [-0.2, 0) is 4.79 Å². The topological polar surface area (TPSA) is 53.5 Å². The predicted molar refractivity (Wildman–Crippen MR) is 68.6 cm³/mol. The molecule has 2 aliphatic rings. The number of nitrogens with one attached hydrogen (secondary N) is 2. The third kappa shape index (κ3) is 2.25. The van der Waals surface area contributed by atoms with Crippen molar-refractivity contribution in [2.24, 2.45) is 4.99 Å². The Hall–Kier alpha value is -1.43. The third-order valence-electron chi connectivity index (χ3n) is 2.92. The summed E-state index contributed by atoms with van der Waals surface area (Å²) in [6.07, 6.45) is 2.20. The highest BCUT2D eigenvalue weighted by Crippen LogP contribution is 2.29. The molecule has 0 saturated heterocycles. The van der Waals surface area contributed by atoms with Crippen LogP contribution in [0, 0.1) is 5.82 Å². The Morgan fingerprint density at radius 3 is 2.94 bits per heavy atom. The van der Waals surface area contributed by atoms with Gasteiger partial charge < -0.3 is 5.32 Å². The van der Waals surface area contributed by atoms with Gasteiger partial charge in [-0.1, -0.05) is 15.9 Å². The Kier molecular flexibility index (Phi) is 2.81. The molecule has 3 rings (SSSR count). The van der Waals surface area contributed by atoms with E-state index in [-0.39, 0.29) is 11.7 Å². The molecular weight excluding hydrogens is 301 g/mol. The van der Waals surface area contributed by atoms with E-state index >= 15 is 0 Å². The second-order valence-corrected chi connectivity index (χ2v) is 5.31. The van der Waals surface area contributed by atoms with Crippen LogP contribution < -0.4 is 10.6 Å². The van der Waals surface area contributed by atoms with Gasteiger partial charge in [0.05, 0.1) is 0 Å². The summed E-state index contributed by atoms with van der Waals surface area (Å²) in [5, 5.41) is 5.80. The van der Waals surface area contributed by atoms with Crippen molar-refractivity contribution in [2.75, 3.05) is 0 Å². The van der Waals surface area contributed by atoms with Gasteiger partial charge in [-0.05, 0) is 31.0 Å². The van der Waals surface area contributed by atoms with Crippen LogP contribution in [0.15, 0.2) is 27.7 Å². The molecule has 0 aromatic heterocycles. The summed E-state index contributed by atoms with van der Waals surface area (Å²) in [4.78, 5) is 16.1. The molecule has 1 amide bonds. The molecule has 1 fully saturated rings. The van der Waals surface area contributed by atoms with E-state index in [9.17, 15) is 9.18 Å². The maximum absolute atomic E-state index is 13.2. The molecule has 1 unspecified atom stereocenters. The summed E-state index contributed by atoms with van der Waals surface area (Å²) < 4.78 is 13.9. The first-order valence-electron chi connectivity index (χ1n) is 5.73. The van der Waals surface area contributed by atoms with Gasteiger partial charge in [0.15, 0.2) is 12.0 Å². The zero-order valence-corrected chi connectivity index (χ0v) is 11.0. The average Bonchev–Trinajstić information content (AvgIpc) is 3.06. The summed E-state index contributed by atoms with van der Waals surface area (Å²) >= 11 is 3.31. The van der Waals surface area contributed by atoms with Crippen molar-refractivity contribution in [2.45, 2.75) is 24.9 Å².